The average molecular weight is 469 g/mol. The van der Waals surface area contributed by atoms with E-state index in [0.29, 0.717) is 35.7 Å². The van der Waals surface area contributed by atoms with Crippen molar-refractivity contribution in [3.63, 3.8) is 0 Å². The van der Waals surface area contributed by atoms with Crippen molar-refractivity contribution in [2.75, 3.05) is 24.1 Å². The lowest BCUT2D eigenvalue weighted by atomic mass is 9.98. The maximum Gasteiger partial charge on any atom is 0.246 e. The van der Waals surface area contributed by atoms with E-state index in [1.54, 1.807) is 34.0 Å². The van der Waals surface area contributed by atoms with Crippen LogP contribution in [0.25, 0.3) is 5.82 Å². The van der Waals surface area contributed by atoms with Crippen LogP contribution in [0.4, 0.5) is 11.5 Å². The molecule has 0 aliphatic carbocycles. The molecule has 1 unspecified atom stereocenters. The summed E-state index contributed by atoms with van der Waals surface area (Å²) in [7, 11) is 0. The van der Waals surface area contributed by atoms with Crippen LogP contribution in [-0.4, -0.2) is 50.2 Å². The molecule has 4 rings (SSSR count). The molecule has 4 heterocycles. The number of nitrogens with zero attached hydrogens (tertiary/aromatic N) is 5. The number of carbonyl (C=O) groups excluding carboxylic acids is 1. The van der Waals surface area contributed by atoms with Crippen LogP contribution in [0.5, 0.6) is 0 Å². The summed E-state index contributed by atoms with van der Waals surface area (Å²) < 4.78 is 1.69. The molecule has 0 radical (unpaired) electrons. The molecule has 4 N–H and O–H groups in total. The van der Waals surface area contributed by atoms with E-state index in [-0.39, 0.29) is 34.5 Å². The molecule has 10 heteroatoms. The number of nitrogens with one attached hydrogen (secondary N) is 2. The van der Waals surface area contributed by atoms with Gasteiger partial charge in [0.05, 0.1) is 22.5 Å². The minimum absolute atomic E-state index is 0.0587. The van der Waals surface area contributed by atoms with Gasteiger partial charge >= 0.3 is 0 Å². The van der Waals surface area contributed by atoms with E-state index >= 15 is 0 Å². The third-order valence-corrected chi connectivity index (χ3v) is 5.83. The molecule has 1 amide bonds. The molecule has 0 bridgehead atoms. The molecule has 0 aromatic carbocycles. The van der Waals surface area contributed by atoms with Gasteiger partial charge in [0.15, 0.2) is 5.43 Å². The van der Waals surface area contributed by atoms with Crippen molar-refractivity contribution in [3.05, 3.63) is 88.6 Å². The van der Waals surface area contributed by atoms with Crippen molar-refractivity contribution in [2.24, 2.45) is 0 Å². The molecule has 1 atom stereocenters. The Morgan fingerprint density at radius 3 is 2.69 bits per heavy atom. The monoisotopic (exact) mass is 468 g/mol. The highest BCUT2D eigenvalue weighted by Gasteiger charge is 2.26. The van der Waals surface area contributed by atoms with Gasteiger partial charge in [-0.1, -0.05) is 6.58 Å². The molecule has 176 valence electrons. The molecule has 1 aliphatic heterocycles. The van der Waals surface area contributed by atoms with Crippen LogP contribution in [0.1, 0.15) is 29.5 Å². The molecule has 10 nitrogen and oxygen atoms in total. The number of amides is 1. The minimum atomic E-state index is -0.145. The van der Waals surface area contributed by atoms with Gasteiger partial charge in [-0.3, -0.25) is 15.0 Å². The van der Waals surface area contributed by atoms with Crippen molar-refractivity contribution in [2.45, 2.75) is 18.9 Å². The van der Waals surface area contributed by atoms with Gasteiger partial charge in [-0.2, -0.15) is 5.26 Å². The summed E-state index contributed by atoms with van der Waals surface area (Å²) in [5, 5.41) is 21.9. The van der Waals surface area contributed by atoms with Crippen molar-refractivity contribution < 1.29 is 4.79 Å². The van der Waals surface area contributed by atoms with Crippen LogP contribution in [0.2, 0.25) is 0 Å². The Balaban J connectivity index is 1.65. The SMILES string of the molecule is C=CC(=O)N1CCCC(Nc2c(C#N)cnc(N)c2C(=N)c2ccc(-n3ccc(=O)cc3)nc2)C1. The summed E-state index contributed by atoms with van der Waals surface area (Å²) in [5.74, 6) is 0.537. The largest absolute Gasteiger partial charge is 0.383 e. The van der Waals surface area contributed by atoms with Crippen molar-refractivity contribution >= 4 is 23.1 Å². The molecule has 3 aromatic rings. The fourth-order valence-corrected chi connectivity index (χ4v) is 4.04. The summed E-state index contributed by atoms with van der Waals surface area (Å²) in [6.07, 6.45) is 9.00. The topological polar surface area (TPSA) is 154 Å². The van der Waals surface area contributed by atoms with E-state index in [1.807, 2.05) is 0 Å². The smallest absolute Gasteiger partial charge is 0.246 e. The van der Waals surface area contributed by atoms with E-state index in [9.17, 15) is 14.9 Å². The second-order valence-corrected chi connectivity index (χ2v) is 8.11. The summed E-state index contributed by atoms with van der Waals surface area (Å²) in [5.41, 5.74) is 7.59. The highest BCUT2D eigenvalue weighted by molar-refractivity contribution is 6.17. The van der Waals surface area contributed by atoms with Crippen LogP contribution in [-0.2, 0) is 4.79 Å². The first kappa shape index (κ1) is 23.4. The quantitative estimate of drug-likeness (QED) is 0.370. The van der Waals surface area contributed by atoms with Crippen LogP contribution >= 0.6 is 0 Å². The molecule has 3 aromatic heterocycles. The minimum Gasteiger partial charge on any atom is -0.383 e. The number of pyridine rings is 3. The number of likely N-dealkylation sites (tertiary alicyclic amines) is 1. The van der Waals surface area contributed by atoms with Crippen molar-refractivity contribution in [1.29, 1.82) is 10.7 Å². The normalized spacial score (nSPS) is 15.2. The van der Waals surface area contributed by atoms with E-state index in [2.05, 4.69) is 27.9 Å². The Labute approximate surface area is 201 Å². The lowest BCUT2D eigenvalue weighted by Gasteiger charge is -2.33. The average Bonchev–Trinajstić information content (AvgIpc) is 2.89. The summed E-state index contributed by atoms with van der Waals surface area (Å²) >= 11 is 0. The number of nitrogen functional groups attached to an aromatic ring is 1. The number of anilines is 2. The zero-order chi connectivity index (χ0) is 24.9. The maximum atomic E-state index is 12.1. The lowest BCUT2D eigenvalue weighted by molar-refractivity contribution is -0.127. The van der Waals surface area contributed by atoms with Crippen molar-refractivity contribution in [3.8, 4) is 11.9 Å². The van der Waals surface area contributed by atoms with E-state index in [4.69, 9.17) is 11.1 Å². The van der Waals surface area contributed by atoms with Gasteiger partial charge in [0.25, 0.3) is 0 Å². The van der Waals surface area contributed by atoms with E-state index < -0.39 is 0 Å². The Morgan fingerprint density at radius 2 is 2.03 bits per heavy atom. The predicted molar refractivity (Wildman–Crippen MR) is 133 cm³/mol. The van der Waals surface area contributed by atoms with Crippen LogP contribution < -0.4 is 16.5 Å². The van der Waals surface area contributed by atoms with Crippen molar-refractivity contribution in [1.82, 2.24) is 19.4 Å². The third kappa shape index (κ3) is 4.94. The van der Waals surface area contributed by atoms with Gasteiger partial charge in [0.1, 0.15) is 17.7 Å². The number of aromatic nitrogens is 3. The number of carbonyl (C=O) groups is 1. The molecule has 0 spiro atoms. The molecule has 1 aliphatic rings. The molecular formula is C25H24N8O2. The zero-order valence-corrected chi connectivity index (χ0v) is 18.9. The predicted octanol–water partition coefficient (Wildman–Crippen LogP) is 2.09. The van der Waals surface area contributed by atoms with Crippen LogP contribution in [0.3, 0.4) is 0 Å². The summed E-state index contributed by atoms with van der Waals surface area (Å²) in [6, 6.07) is 8.30. The Morgan fingerprint density at radius 1 is 1.26 bits per heavy atom. The fourth-order valence-electron chi connectivity index (χ4n) is 4.04. The number of hydrogen-bond donors (Lipinski definition) is 3. The number of rotatable bonds is 6. The third-order valence-electron chi connectivity index (χ3n) is 5.83. The number of piperidine rings is 1. The van der Waals surface area contributed by atoms with Crippen LogP contribution in [0.15, 0.2) is 66.5 Å². The van der Waals surface area contributed by atoms with Gasteiger partial charge in [0, 0.05) is 61.6 Å². The molecular weight excluding hydrogens is 444 g/mol. The maximum absolute atomic E-state index is 12.1. The van der Waals surface area contributed by atoms with E-state index in [1.165, 1.54) is 30.6 Å². The summed E-state index contributed by atoms with van der Waals surface area (Å²) in [6.45, 7) is 4.64. The first-order valence-corrected chi connectivity index (χ1v) is 11.0. The standard InChI is InChI=1S/C25H24N8O2/c1-2-21(35)33-9-3-4-18(15-33)31-24-17(12-26)14-30-25(28)22(24)23(27)16-5-6-20(29-13-16)32-10-7-19(34)8-11-32/h2,5-8,10-11,13-14,18,27H,1,3-4,9,15H2,(H3,28,30,31). The van der Waals surface area contributed by atoms with Gasteiger partial charge in [-0.25, -0.2) is 9.97 Å². The number of nitrogens with two attached hydrogens (primary N) is 1. The van der Waals surface area contributed by atoms with Gasteiger partial charge < -0.3 is 20.5 Å². The molecule has 35 heavy (non-hydrogen) atoms. The fraction of sp³-hybridized carbons (Fsp3) is 0.200. The highest BCUT2D eigenvalue weighted by atomic mass is 16.2. The molecule has 1 saturated heterocycles. The molecule has 0 saturated carbocycles. The van der Waals surface area contributed by atoms with E-state index in [0.717, 1.165) is 12.8 Å². The second kappa shape index (κ2) is 10.0. The summed E-state index contributed by atoms with van der Waals surface area (Å²) in [4.78, 5) is 33.7. The highest BCUT2D eigenvalue weighted by Crippen LogP contribution is 2.29. The van der Waals surface area contributed by atoms with Crippen LogP contribution in [0, 0.1) is 16.7 Å². The zero-order valence-electron chi connectivity index (χ0n) is 18.9. The van der Waals surface area contributed by atoms with Gasteiger partial charge in [-0.15, -0.1) is 0 Å². The Hall–Kier alpha value is -4.78. The lowest BCUT2D eigenvalue weighted by Crippen LogP contribution is -2.44. The van der Waals surface area contributed by atoms with Gasteiger partial charge in [-0.05, 0) is 31.1 Å². The first-order valence-electron chi connectivity index (χ1n) is 11.0. The Kier molecular flexibility index (Phi) is 6.69. The second-order valence-electron chi connectivity index (χ2n) is 8.11. The molecule has 1 fully saturated rings. The van der Waals surface area contributed by atoms with Gasteiger partial charge in [0.2, 0.25) is 5.91 Å². The number of nitriles is 1. The first-order chi connectivity index (χ1) is 16.9. The number of hydrogen-bond acceptors (Lipinski definition) is 8. The Bertz CT molecular complexity index is 1370.